The molecular formula is C21H27NO2. The van der Waals surface area contributed by atoms with Gasteiger partial charge in [-0.2, -0.15) is 0 Å². The van der Waals surface area contributed by atoms with Crippen LogP contribution in [0.5, 0.6) is 5.75 Å². The Bertz CT molecular complexity index is 719. The molecule has 3 heteroatoms. The lowest BCUT2D eigenvalue weighted by molar-refractivity contribution is -0.137. The van der Waals surface area contributed by atoms with Crippen molar-refractivity contribution in [3.05, 3.63) is 64.2 Å². The number of rotatable bonds is 5. The summed E-state index contributed by atoms with van der Waals surface area (Å²) in [6.45, 7) is 10.6. The predicted molar refractivity (Wildman–Crippen MR) is 98.4 cm³/mol. The van der Waals surface area contributed by atoms with Crippen molar-refractivity contribution in [1.29, 1.82) is 0 Å². The largest absolute Gasteiger partial charge is 0.481 e. The quantitative estimate of drug-likeness (QED) is 0.818. The number of amides is 1. The second kappa shape index (κ2) is 7.52. The Morgan fingerprint density at radius 1 is 1.04 bits per heavy atom. The van der Waals surface area contributed by atoms with Crippen LogP contribution >= 0.6 is 0 Å². The monoisotopic (exact) mass is 325 g/mol. The Kier molecular flexibility index (Phi) is 5.66. The summed E-state index contributed by atoms with van der Waals surface area (Å²) in [5.74, 6) is 0.770. The summed E-state index contributed by atoms with van der Waals surface area (Å²) in [4.78, 5) is 14.3. The van der Waals surface area contributed by atoms with Gasteiger partial charge in [-0.05, 0) is 62.9 Å². The first-order valence-corrected chi connectivity index (χ1v) is 8.33. The molecule has 1 atom stereocenters. The van der Waals surface area contributed by atoms with Crippen molar-refractivity contribution < 1.29 is 9.53 Å². The topological polar surface area (TPSA) is 29.5 Å². The molecule has 128 valence electrons. The van der Waals surface area contributed by atoms with Crippen LogP contribution in [-0.2, 0) is 11.3 Å². The molecular weight excluding hydrogens is 298 g/mol. The van der Waals surface area contributed by atoms with Gasteiger partial charge in [-0.15, -0.1) is 0 Å². The Hall–Kier alpha value is -2.29. The van der Waals surface area contributed by atoms with Crippen LogP contribution < -0.4 is 4.74 Å². The summed E-state index contributed by atoms with van der Waals surface area (Å²) >= 11 is 0. The lowest BCUT2D eigenvalue weighted by atomic mass is 10.1. The van der Waals surface area contributed by atoms with E-state index in [2.05, 4.69) is 44.2 Å². The van der Waals surface area contributed by atoms with Gasteiger partial charge in [0.05, 0.1) is 0 Å². The molecule has 3 nitrogen and oxygen atoms in total. The molecule has 0 saturated carbocycles. The standard InChI is InChI=1S/C21H27NO2/c1-14-7-9-19(10-8-14)13-22(6)21(23)18(5)24-20-12-15(2)11-16(3)17(20)4/h7-12,18H,13H2,1-6H3/t18-/m0/s1. The number of hydrogen-bond acceptors (Lipinski definition) is 2. The first-order chi connectivity index (χ1) is 11.3. The molecule has 0 aliphatic rings. The highest BCUT2D eigenvalue weighted by molar-refractivity contribution is 5.80. The second-order valence-electron chi connectivity index (χ2n) is 6.64. The molecule has 24 heavy (non-hydrogen) atoms. The minimum Gasteiger partial charge on any atom is -0.481 e. The molecule has 0 spiro atoms. The molecule has 0 radical (unpaired) electrons. The van der Waals surface area contributed by atoms with Gasteiger partial charge in [0.1, 0.15) is 5.75 Å². The van der Waals surface area contributed by atoms with E-state index in [1.165, 1.54) is 11.1 Å². The van der Waals surface area contributed by atoms with E-state index < -0.39 is 6.10 Å². The minimum atomic E-state index is -0.514. The number of aryl methyl sites for hydroxylation is 3. The predicted octanol–water partition coefficient (Wildman–Crippen LogP) is 4.35. The highest BCUT2D eigenvalue weighted by Crippen LogP contribution is 2.24. The molecule has 0 aromatic heterocycles. The Balaban J connectivity index is 2.05. The lowest BCUT2D eigenvalue weighted by Gasteiger charge is -2.23. The van der Waals surface area contributed by atoms with Crippen molar-refractivity contribution in [1.82, 2.24) is 4.90 Å². The van der Waals surface area contributed by atoms with Crippen LogP contribution in [0.15, 0.2) is 36.4 Å². The van der Waals surface area contributed by atoms with E-state index in [4.69, 9.17) is 4.74 Å². The summed E-state index contributed by atoms with van der Waals surface area (Å²) in [6, 6.07) is 12.3. The van der Waals surface area contributed by atoms with Crippen molar-refractivity contribution in [2.24, 2.45) is 0 Å². The summed E-state index contributed by atoms with van der Waals surface area (Å²) < 4.78 is 5.96. The SMILES string of the molecule is Cc1ccc(CN(C)C(=O)[C@H](C)Oc2cc(C)cc(C)c2C)cc1. The number of nitrogens with zero attached hydrogens (tertiary/aromatic N) is 1. The molecule has 0 aliphatic heterocycles. The van der Waals surface area contributed by atoms with Crippen LogP contribution in [0.1, 0.15) is 34.7 Å². The number of likely N-dealkylation sites (N-methyl/N-ethyl adjacent to an activating group) is 1. The molecule has 0 heterocycles. The summed E-state index contributed by atoms with van der Waals surface area (Å²) in [5.41, 5.74) is 5.74. The third kappa shape index (κ3) is 4.38. The zero-order chi connectivity index (χ0) is 17.9. The minimum absolute atomic E-state index is 0.0193. The molecule has 0 unspecified atom stereocenters. The normalized spacial score (nSPS) is 11.9. The van der Waals surface area contributed by atoms with E-state index in [1.54, 1.807) is 4.90 Å². The van der Waals surface area contributed by atoms with E-state index in [9.17, 15) is 4.79 Å². The fourth-order valence-corrected chi connectivity index (χ4v) is 2.72. The zero-order valence-electron chi connectivity index (χ0n) is 15.5. The first kappa shape index (κ1) is 18.1. The third-order valence-corrected chi connectivity index (χ3v) is 4.33. The molecule has 2 aromatic rings. The maximum atomic E-state index is 12.6. The van der Waals surface area contributed by atoms with Gasteiger partial charge in [0.25, 0.3) is 5.91 Å². The highest BCUT2D eigenvalue weighted by Gasteiger charge is 2.20. The fourth-order valence-electron chi connectivity index (χ4n) is 2.72. The smallest absolute Gasteiger partial charge is 0.263 e. The fraction of sp³-hybridized carbons (Fsp3) is 0.381. The Morgan fingerprint density at radius 2 is 1.67 bits per heavy atom. The first-order valence-electron chi connectivity index (χ1n) is 8.33. The lowest BCUT2D eigenvalue weighted by Crippen LogP contribution is -2.37. The van der Waals surface area contributed by atoms with Gasteiger partial charge in [-0.3, -0.25) is 4.79 Å². The second-order valence-corrected chi connectivity index (χ2v) is 6.64. The van der Waals surface area contributed by atoms with E-state index in [-0.39, 0.29) is 5.91 Å². The van der Waals surface area contributed by atoms with Gasteiger partial charge in [-0.1, -0.05) is 35.9 Å². The van der Waals surface area contributed by atoms with Gasteiger partial charge in [0.15, 0.2) is 6.10 Å². The van der Waals surface area contributed by atoms with Crippen molar-refractivity contribution in [3.63, 3.8) is 0 Å². The van der Waals surface area contributed by atoms with Crippen LogP contribution in [0.4, 0.5) is 0 Å². The third-order valence-electron chi connectivity index (χ3n) is 4.33. The molecule has 0 bridgehead atoms. The van der Waals surface area contributed by atoms with Gasteiger partial charge in [0, 0.05) is 13.6 Å². The van der Waals surface area contributed by atoms with Crippen molar-refractivity contribution in [2.75, 3.05) is 7.05 Å². The summed E-state index contributed by atoms with van der Waals surface area (Å²) in [5, 5.41) is 0. The number of ether oxygens (including phenoxy) is 1. The molecule has 2 rings (SSSR count). The van der Waals surface area contributed by atoms with Crippen LogP contribution in [0, 0.1) is 27.7 Å². The Morgan fingerprint density at radius 3 is 2.29 bits per heavy atom. The average Bonchev–Trinajstić information content (AvgIpc) is 2.53. The Labute approximate surface area is 145 Å². The van der Waals surface area contributed by atoms with Gasteiger partial charge < -0.3 is 9.64 Å². The molecule has 0 N–H and O–H groups in total. The van der Waals surface area contributed by atoms with E-state index in [0.717, 1.165) is 22.4 Å². The molecule has 2 aromatic carbocycles. The maximum Gasteiger partial charge on any atom is 0.263 e. The van der Waals surface area contributed by atoms with Crippen LogP contribution in [0.2, 0.25) is 0 Å². The van der Waals surface area contributed by atoms with E-state index >= 15 is 0 Å². The highest BCUT2D eigenvalue weighted by atomic mass is 16.5. The van der Waals surface area contributed by atoms with E-state index in [0.29, 0.717) is 6.54 Å². The molecule has 1 amide bonds. The maximum absolute atomic E-state index is 12.6. The van der Waals surface area contributed by atoms with Gasteiger partial charge >= 0.3 is 0 Å². The number of carbonyl (C=O) groups is 1. The van der Waals surface area contributed by atoms with Crippen molar-refractivity contribution in [2.45, 2.75) is 47.3 Å². The average molecular weight is 325 g/mol. The number of carbonyl (C=O) groups excluding carboxylic acids is 1. The molecule has 0 aliphatic carbocycles. The van der Waals surface area contributed by atoms with Crippen molar-refractivity contribution in [3.8, 4) is 5.75 Å². The van der Waals surface area contributed by atoms with Crippen LogP contribution in [-0.4, -0.2) is 24.0 Å². The van der Waals surface area contributed by atoms with Crippen LogP contribution in [0.25, 0.3) is 0 Å². The zero-order valence-corrected chi connectivity index (χ0v) is 15.5. The number of benzene rings is 2. The van der Waals surface area contributed by atoms with E-state index in [1.807, 2.05) is 33.9 Å². The molecule has 0 fully saturated rings. The summed E-state index contributed by atoms with van der Waals surface area (Å²) in [7, 11) is 1.82. The van der Waals surface area contributed by atoms with Crippen molar-refractivity contribution >= 4 is 5.91 Å². The molecule has 0 saturated heterocycles. The van der Waals surface area contributed by atoms with Gasteiger partial charge in [0.2, 0.25) is 0 Å². The summed E-state index contributed by atoms with van der Waals surface area (Å²) in [6.07, 6.45) is -0.514. The number of hydrogen-bond donors (Lipinski definition) is 0. The van der Waals surface area contributed by atoms with Crippen LogP contribution in [0.3, 0.4) is 0 Å². The van der Waals surface area contributed by atoms with Gasteiger partial charge in [-0.25, -0.2) is 0 Å².